The number of urea groups is 1. The van der Waals surface area contributed by atoms with E-state index in [4.69, 9.17) is 21.1 Å². The summed E-state index contributed by atoms with van der Waals surface area (Å²) in [5.74, 6) is -1.67. The molecule has 1 fully saturated rings. The molecule has 1 heterocycles. The molecule has 144 valence electrons. The Bertz CT molecular complexity index is 984. The molecule has 0 atom stereocenters. The topological polar surface area (TPSA) is 93.7 Å². The largest absolute Gasteiger partial charge is 0.493 e. The van der Waals surface area contributed by atoms with E-state index in [1.54, 1.807) is 18.2 Å². The van der Waals surface area contributed by atoms with Gasteiger partial charge in [0.05, 0.1) is 12.1 Å². The predicted octanol–water partition coefficient (Wildman–Crippen LogP) is 2.82. The lowest BCUT2D eigenvalue weighted by Gasteiger charge is -2.16. The number of methoxy groups -OCH3 is 1. The molecule has 0 radical (unpaired) electrons. The Morgan fingerprint density at radius 1 is 1.11 bits per heavy atom. The average Bonchev–Trinajstić information content (AvgIpc) is 2.64. The van der Waals surface area contributed by atoms with Gasteiger partial charge in [-0.25, -0.2) is 9.18 Å². The number of ether oxygens (including phenoxy) is 2. The molecule has 3 rings (SSSR count). The Morgan fingerprint density at radius 2 is 1.79 bits per heavy atom. The van der Waals surface area contributed by atoms with Crippen LogP contribution in [0.2, 0.25) is 5.02 Å². The first-order valence-corrected chi connectivity index (χ1v) is 8.39. The van der Waals surface area contributed by atoms with Gasteiger partial charge in [-0.1, -0.05) is 29.8 Å². The van der Waals surface area contributed by atoms with Crippen molar-refractivity contribution in [3.63, 3.8) is 0 Å². The van der Waals surface area contributed by atoms with Gasteiger partial charge in [-0.2, -0.15) is 0 Å². The van der Waals surface area contributed by atoms with Crippen LogP contribution in [-0.2, 0) is 16.2 Å². The van der Waals surface area contributed by atoms with Crippen LogP contribution in [-0.4, -0.2) is 25.0 Å². The third kappa shape index (κ3) is 4.12. The highest BCUT2D eigenvalue weighted by Gasteiger charge is 2.28. The number of halogens is 2. The summed E-state index contributed by atoms with van der Waals surface area (Å²) in [5.41, 5.74) is 0.444. The average molecular weight is 405 g/mol. The number of barbiturate groups is 1. The van der Waals surface area contributed by atoms with Gasteiger partial charge in [0, 0.05) is 5.56 Å². The first kappa shape index (κ1) is 19.4. The van der Waals surface area contributed by atoms with Crippen molar-refractivity contribution in [1.29, 1.82) is 0 Å². The van der Waals surface area contributed by atoms with Gasteiger partial charge >= 0.3 is 6.03 Å². The van der Waals surface area contributed by atoms with Crippen LogP contribution in [0.1, 0.15) is 11.1 Å². The summed E-state index contributed by atoms with van der Waals surface area (Å²) in [7, 11) is 1.39. The minimum Gasteiger partial charge on any atom is -0.493 e. The first-order chi connectivity index (χ1) is 13.4. The van der Waals surface area contributed by atoms with Gasteiger partial charge in [0.2, 0.25) is 0 Å². The molecule has 1 saturated heterocycles. The molecule has 7 nitrogen and oxygen atoms in total. The zero-order valence-corrected chi connectivity index (χ0v) is 15.3. The van der Waals surface area contributed by atoms with Crippen LogP contribution in [0.4, 0.5) is 9.18 Å². The molecule has 1 aliphatic heterocycles. The molecule has 0 aliphatic carbocycles. The van der Waals surface area contributed by atoms with E-state index in [1.165, 1.54) is 31.4 Å². The number of rotatable bonds is 5. The number of hydrogen-bond donors (Lipinski definition) is 2. The van der Waals surface area contributed by atoms with Gasteiger partial charge in [-0.05, 0) is 29.8 Å². The fourth-order valence-electron chi connectivity index (χ4n) is 2.50. The van der Waals surface area contributed by atoms with Crippen molar-refractivity contribution in [2.75, 3.05) is 7.11 Å². The van der Waals surface area contributed by atoms with Gasteiger partial charge in [-0.15, -0.1) is 0 Å². The van der Waals surface area contributed by atoms with Crippen molar-refractivity contribution in [1.82, 2.24) is 10.6 Å². The van der Waals surface area contributed by atoms with Crippen molar-refractivity contribution in [2.24, 2.45) is 0 Å². The molecule has 1 aliphatic rings. The lowest BCUT2D eigenvalue weighted by Crippen LogP contribution is -2.51. The molecular formula is C19H14ClFN2O5. The maximum Gasteiger partial charge on any atom is 0.328 e. The zero-order chi connectivity index (χ0) is 20.3. The Kier molecular flexibility index (Phi) is 5.60. The van der Waals surface area contributed by atoms with Crippen molar-refractivity contribution >= 4 is 35.5 Å². The van der Waals surface area contributed by atoms with Crippen molar-refractivity contribution < 1.29 is 28.2 Å². The van der Waals surface area contributed by atoms with Gasteiger partial charge < -0.3 is 9.47 Å². The number of hydrogen-bond acceptors (Lipinski definition) is 5. The number of nitrogens with one attached hydrogen (secondary N) is 2. The van der Waals surface area contributed by atoms with E-state index in [2.05, 4.69) is 0 Å². The fourth-order valence-corrected chi connectivity index (χ4v) is 2.78. The molecule has 0 spiro atoms. The van der Waals surface area contributed by atoms with E-state index in [9.17, 15) is 18.8 Å². The molecular weight excluding hydrogens is 391 g/mol. The van der Waals surface area contributed by atoms with Gasteiger partial charge in [0.15, 0.2) is 11.5 Å². The van der Waals surface area contributed by atoms with E-state index in [0.29, 0.717) is 11.1 Å². The summed E-state index contributed by atoms with van der Waals surface area (Å²) in [4.78, 5) is 34.8. The molecule has 0 bridgehead atoms. The second kappa shape index (κ2) is 8.10. The van der Waals surface area contributed by atoms with Crippen LogP contribution in [0.15, 0.2) is 42.0 Å². The van der Waals surface area contributed by atoms with E-state index in [-0.39, 0.29) is 28.7 Å². The van der Waals surface area contributed by atoms with Gasteiger partial charge in [0.25, 0.3) is 11.8 Å². The highest BCUT2D eigenvalue weighted by atomic mass is 35.5. The maximum atomic E-state index is 13.7. The third-order valence-corrected chi connectivity index (χ3v) is 4.12. The van der Waals surface area contributed by atoms with Crippen molar-refractivity contribution in [2.45, 2.75) is 6.61 Å². The molecule has 2 aromatic carbocycles. The maximum absolute atomic E-state index is 13.7. The molecule has 2 N–H and O–H groups in total. The highest BCUT2D eigenvalue weighted by molar-refractivity contribution is 6.33. The zero-order valence-electron chi connectivity index (χ0n) is 14.5. The Labute approximate surface area is 164 Å². The number of carbonyl (C=O) groups excluding carboxylic acids is 3. The van der Waals surface area contributed by atoms with E-state index >= 15 is 0 Å². The van der Waals surface area contributed by atoms with Crippen LogP contribution in [0, 0.1) is 5.82 Å². The summed E-state index contributed by atoms with van der Waals surface area (Å²) >= 11 is 6.25. The Morgan fingerprint density at radius 3 is 2.43 bits per heavy atom. The quantitative estimate of drug-likeness (QED) is 0.590. The molecule has 2 aromatic rings. The first-order valence-electron chi connectivity index (χ1n) is 8.01. The van der Waals surface area contributed by atoms with Crippen LogP contribution >= 0.6 is 11.6 Å². The monoisotopic (exact) mass is 404 g/mol. The summed E-state index contributed by atoms with van der Waals surface area (Å²) < 4.78 is 24.6. The lowest BCUT2D eigenvalue weighted by molar-refractivity contribution is -0.123. The van der Waals surface area contributed by atoms with Crippen LogP contribution in [0.5, 0.6) is 11.5 Å². The smallest absolute Gasteiger partial charge is 0.328 e. The highest BCUT2D eigenvalue weighted by Crippen LogP contribution is 2.37. The van der Waals surface area contributed by atoms with Crippen molar-refractivity contribution in [3.05, 3.63) is 63.9 Å². The standard InChI is InChI=1S/C19H14ClFN2O5/c1-27-15-8-10(6-12-17(24)22-19(26)23-18(12)25)7-13(20)16(15)28-9-11-4-2-3-5-14(11)21/h2-8H,9H2,1H3,(H2,22,23,24,25,26). The summed E-state index contributed by atoms with van der Waals surface area (Å²) in [6, 6.07) is 8.20. The minimum atomic E-state index is -0.889. The van der Waals surface area contributed by atoms with Crippen molar-refractivity contribution in [3.8, 4) is 11.5 Å². The van der Waals surface area contributed by atoms with E-state index < -0.39 is 23.7 Å². The molecule has 0 unspecified atom stereocenters. The third-order valence-electron chi connectivity index (χ3n) is 3.84. The minimum absolute atomic E-state index is 0.0733. The molecule has 4 amide bonds. The Hall–Kier alpha value is -3.39. The van der Waals surface area contributed by atoms with Gasteiger partial charge in [-0.3, -0.25) is 20.2 Å². The molecule has 0 aromatic heterocycles. The predicted molar refractivity (Wildman–Crippen MR) is 98.4 cm³/mol. The Balaban J connectivity index is 1.88. The van der Waals surface area contributed by atoms with Gasteiger partial charge in [0.1, 0.15) is 18.0 Å². The SMILES string of the molecule is COc1cc(C=C2C(=O)NC(=O)NC2=O)cc(Cl)c1OCc1ccccc1F. The molecule has 0 saturated carbocycles. The number of imide groups is 2. The number of carbonyl (C=O) groups is 3. The second-order valence-electron chi connectivity index (χ2n) is 5.71. The van der Waals surface area contributed by atoms with Crippen LogP contribution in [0.25, 0.3) is 6.08 Å². The fraction of sp³-hybridized carbons (Fsp3) is 0.105. The second-order valence-corrected chi connectivity index (χ2v) is 6.12. The normalized spacial score (nSPS) is 13.7. The number of amides is 4. The lowest BCUT2D eigenvalue weighted by atomic mass is 10.1. The van der Waals surface area contributed by atoms with Crippen LogP contribution in [0.3, 0.4) is 0 Å². The van der Waals surface area contributed by atoms with Crippen LogP contribution < -0.4 is 20.1 Å². The summed E-state index contributed by atoms with van der Waals surface area (Å²) in [6.07, 6.45) is 1.26. The number of benzene rings is 2. The van der Waals surface area contributed by atoms with E-state index in [0.717, 1.165) is 0 Å². The summed E-state index contributed by atoms with van der Waals surface area (Å²) in [5, 5.41) is 4.09. The van der Waals surface area contributed by atoms with E-state index in [1.807, 2.05) is 10.6 Å². The summed E-state index contributed by atoms with van der Waals surface area (Å²) in [6.45, 7) is -0.0733. The molecule has 28 heavy (non-hydrogen) atoms. The molecule has 9 heteroatoms.